The lowest BCUT2D eigenvalue weighted by Gasteiger charge is -2.32. The van der Waals surface area contributed by atoms with E-state index in [0.29, 0.717) is 0 Å². The minimum Gasteiger partial charge on any atom is -0.497 e. The second kappa shape index (κ2) is 6.66. The van der Waals surface area contributed by atoms with Crippen LogP contribution in [-0.2, 0) is 6.54 Å². The molecule has 0 aromatic heterocycles. The highest BCUT2D eigenvalue weighted by molar-refractivity contribution is 5.27. The molecule has 2 bridgehead atoms. The van der Waals surface area contributed by atoms with E-state index in [0.717, 1.165) is 30.0 Å². The van der Waals surface area contributed by atoms with Gasteiger partial charge in [-0.15, -0.1) is 0 Å². The van der Waals surface area contributed by atoms with Gasteiger partial charge in [-0.2, -0.15) is 0 Å². The minimum atomic E-state index is 0.912. The van der Waals surface area contributed by atoms with E-state index < -0.39 is 0 Å². The lowest BCUT2D eigenvalue weighted by molar-refractivity contribution is -1.02. The van der Waals surface area contributed by atoms with Gasteiger partial charge < -0.3 is 14.5 Å². The molecule has 3 atom stereocenters. The second-order valence-electron chi connectivity index (χ2n) is 7.77. The van der Waals surface area contributed by atoms with Crippen molar-refractivity contribution in [1.29, 1.82) is 0 Å². The molecule has 1 aliphatic heterocycles. The van der Waals surface area contributed by atoms with E-state index in [2.05, 4.69) is 30.4 Å². The molecular formula is C20H30N2O+2. The van der Waals surface area contributed by atoms with Crippen molar-refractivity contribution >= 4 is 0 Å². The zero-order valence-electron chi connectivity index (χ0n) is 14.3. The van der Waals surface area contributed by atoms with E-state index in [-0.39, 0.29) is 0 Å². The standard InChI is InChI=1S/C20H28N2O/c1-23-20-4-2-3-17(13-20)14-21-7-9-22(10-8-21)15-19-12-16-5-6-18(19)11-16/h2-6,13,16,18-19H,7-12,14-15H2,1H3/p+2/t16-,18+,19+/m1/s1. The molecule has 1 heterocycles. The molecule has 1 aromatic rings. The number of methoxy groups -OCH3 is 1. The first-order valence-electron chi connectivity index (χ1n) is 9.28. The number of quaternary nitrogens is 2. The molecule has 2 fully saturated rings. The number of rotatable bonds is 5. The van der Waals surface area contributed by atoms with Crippen molar-refractivity contribution in [3.05, 3.63) is 42.0 Å². The van der Waals surface area contributed by atoms with Crippen molar-refractivity contribution < 1.29 is 14.5 Å². The van der Waals surface area contributed by atoms with Gasteiger partial charge in [-0.1, -0.05) is 24.3 Å². The maximum absolute atomic E-state index is 5.34. The van der Waals surface area contributed by atoms with E-state index in [4.69, 9.17) is 4.74 Å². The highest BCUT2D eigenvalue weighted by Crippen LogP contribution is 2.42. The van der Waals surface area contributed by atoms with E-state index in [1.165, 1.54) is 51.1 Å². The summed E-state index contributed by atoms with van der Waals surface area (Å²) in [7, 11) is 1.75. The molecule has 4 rings (SSSR count). The Balaban J connectivity index is 1.25. The normalized spacial score (nSPS) is 35.6. The van der Waals surface area contributed by atoms with E-state index in [1.54, 1.807) is 12.0 Å². The largest absolute Gasteiger partial charge is 0.497 e. The summed E-state index contributed by atoms with van der Waals surface area (Å²) in [6.45, 7) is 7.86. The SMILES string of the molecule is COc1cccc(C[NH+]2CC[NH+](C[C@@H]3C[C@@H]4C=C[C@H]3C4)CC2)c1. The third kappa shape index (κ3) is 3.46. The predicted octanol–water partition coefficient (Wildman–Crippen LogP) is 0.191. The van der Waals surface area contributed by atoms with Crippen LogP contribution in [0.25, 0.3) is 0 Å². The summed E-state index contributed by atoms with van der Waals surface area (Å²) in [5.41, 5.74) is 1.40. The summed E-state index contributed by atoms with van der Waals surface area (Å²) < 4.78 is 5.34. The van der Waals surface area contributed by atoms with Gasteiger partial charge in [0.25, 0.3) is 0 Å². The summed E-state index contributed by atoms with van der Waals surface area (Å²) in [5, 5.41) is 0. The van der Waals surface area contributed by atoms with Gasteiger partial charge in [0.1, 0.15) is 38.5 Å². The van der Waals surface area contributed by atoms with Crippen LogP contribution in [0, 0.1) is 17.8 Å². The molecule has 0 spiro atoms. The van der Waals surface area contributed by atoms with Crippen molar-refractivity contribution in [3.63, 3.8) is 0 Å². The van der Waals surface area contributed by atoms with Crippen LogP contribution in [-0.4, -0.2) is 39.8 Å². The summed E-state index contributed by atoms with van der Waals surface area (Å²) in [6.07, 6.45) is 7.88. The maximum Gasteiger partial charge on any atom is 0.127 e. The number of piperazine rings is 1. The number of ether oxygens (including phenoxy) is 1. The first-order chi connectivity index (χ1) is 11.3. The quantitative estimate of drug-likeness (QED) is 0.743. The predicted molar refractivity (Wildman–Crippen MR) is 91.8 cm³/mol. The number of nitrogens with one attached hydrogen (secondary N) is 2. The van der Waals surface area contributed by atoms with Crippen LogP contribution < -0.4 is 14.5 Å². The number of benzene rings is 1. The van der Waals surface area contributed by atoms with Crippen molar-refractivity contribution in [2.75, 3.05) is 39.8 Å². The van der Waals surface area contributed by atoms with Crippen LogP contribution in [0.1, 0.15) is 18.4 Å². The molecule has 0 amide bonds. The molecule has 3 aliphatic rings. The number of hydrogen-bond acceptors (Lipinski definition) is 1. The Morgan fingerprint density at radius 2 is 1.87 bits per heavy atom. The van der Waals surface area contributed by atoms with Crippen LogP contribution in [0.2, 0.25) is 0 Å². The van der Waals surface area contributed by atoms with Gasteiger partial charge in [0.05, 0.1) is 13.7 Å². The smallest absolute Gasteiger partial charge is 0.127 e. The lowest BCUT2D eigenvalue weighted by Crippen LogP contribution is -3.27. The molecule has 2 N–H and O–H groups in total. The number of allylic oxidation sites excluding steroid dienone is 2. The molecule has 23 heavy (non-hydrogen) atoms. The zero-order valence-corrected chi connectivity index (χ0v) is 14.3. The summed E-state index contributed by atoms with van der Waals surface area (Å²) in [6, 6.07) is 8.56. The van der Waals surface area contributed by atoms with Crippen LogP contribution in [0.15, 0.2) is 36.4 Å². The topological polar surface area (TPSA) is 18.1 Å². The van der Waals surface area contributed by atoms with E-state index in [1.807, 2.05) is 11.0 Å². The molecular weight excluding hydrogens is 284 g/mol. The van der Waals surface area contributed by atoms with Crippen LogP contribution in [0.4, 0.5) is 0 Å². The van der Waals surface area contributed by atoms with Gasteiger partial charge in [-0.05, 0) is 36.8 Å². The molecule has 3 nitrogen and oxygen atoms in total. The fraction of sp³-hybridized carbons (Fsp3) is 0.600. The molecule has 1 aromatic carbocycles. The lowest BCUT2D eigenvalue weighted by atomic mass is 9.93. The summed E-state index contributed by atoms with van der Waals surface area (Å²) >= 11 is 0. The highest BCUT2D eigenvalue weighted by atomic mass is 16.5. The third-order valence-electron chi connectivity index (χ3n) is 6.22. The third-order valence-corrected chi connectivity index (χ3v) is 6.22. The van der Waals surface area contributed by atoms with E-state index in [9.17, 15) is 0 Å². The average Bonchev–Trinajstić information content (AvgIpc) is 3.20. The Morgan fingerprint density at radius 3 is 2.57 bits per heavy atom. The Labute approximate surface area is 139 Å². The number of fused-ring (bicyclic) bond motifs is 2. The zero-order chi connectivity index (χ0) is 15.6. The molecule has 0 radical (unpaired) electrons. The molecule has 2 aliphatic carbocycles. The van der Waals surface area contributed by atoms with Crippen LogP contribution in [0.5, 0.6) is 5.75 Å². The van der Waals surface area contributed by atoms with Gasteiger partial charge in [-0.3, -0.25) is 0 Å². The van der Waals surface area contributed by atoms with Crippen molar-refractivity contribution in [1.82, 2.24) is 0 Å². The van der Waals surface area contributed by atoms with E-state index >= 15 is 0 Å². The first kappa shape index (κ1) is 15.2. The number of hydrogen-bond donors (Lipinski definition) is 2. The molecule has 0 unspecified atom stereocenters. The fourth-order valence-corrected chi connectivity index (χ4v) is 4.91. The molecule has 1 saturated heterocycles. The second-order valence-corrected chi connectivity index (χ2v) is 7.77. The van der Waals surface area contributed by atoms with Gasteiger partial charge in [0.15, 0.2) is 0 Å². The highest BCUT2D eigenvalue weighted by Gasteiger charge is 2.38. The molecule has 1 saturated carbocycles. The minimum absolute atomic E-state index is 0.912. The van der Waals surface area contributed by atoms with Crippen molar-refractivity contribution in [3.8, 4) is 5.75 Å². The van der Waals surface area contributed by atoms with Gasteiger partial charge in [-0.25, -0.2) is 0 Å². The Morgan fingerprint density at radius 1 is 1.04 bits per heavy atom. The van der Waals surface area contributed by atoms with Gasteiger partial charge >= 0.3 is 0 Å². The Hall–Kier alpha value is -1.32. The Bertz CT molecular complexity index is 563. The van der Waals surface area contributed by atoms with Gasteiger partial charge in [0.2, 0.25) is 0 Å². The van der Waals surface area contributed by atoms with Gasteiger partial charge in [0, 0.05) is 11.5 Å². The maximum atomic E-state index is 5.34. The Kier molecular flexibility index (Phi) is 4.41. The van der Waals surface area contributed by atoms with Crippen molar-refractivity contribution in [2.45, 2.75) is 19.4 Å². The average molecular weight is 314 g/mol. The summed E-state index contributed by atoms with van der Waals surface area (Å²) in [4.78, 5) is 3.58. The molecule has 124 valence electrons. The van der Waals surface area contributed by atoms with Crippen molar-refractivity contribution in [2.24, 2.45) is 17.8 Å². The summed E-state index contributed by atoms with van der Waals surface area (Å²) in [5.74, 6) is 3.79. The first-order valence-corrected chi connectivity index (χ1v) is 9.28. The fourth-order valence-electron chi connectivity index (χ4n) is 4.91. The van der Waals surface area contributed by atoms with Crippen LogP contribution in [0.3, 0.4) is 0 Å². The molecule has 3 heteroatoms. The monoisotopic (exact) mass is 314 g/mol. The van der Waals surface area contributed by atoms with Crippen LogP contribution >= 0.6 is 0 Å².